The van der Waals surface area contributed by atoms with E-state index in [0.717, 1.165) is 5.56 Å². The molecule has 1 aliphatic rings. The van der Waals surface area contributed by atoms with E-state index in [1.54, 1.807) is 0 Å². The molecule has 0 amide bonds. The van der Waals surface area contributed by atoms with Crippen molar-refractivity contribution in [2.75, 3.05) is 6.61 Å². The predicted molar refractivity (Wildman–Crippen MR) is 46.9 cm³/mol. The Balaban J connectivity index is 2.13. The first-order chi connectivity index (χ1) is 6.25. The molecule has 1 aromatic heterocycles. The van der Waals surface area contributed by atoms with Crippen molar-refractivity contribution in [3.63, 3.8) is 0 Å². The molecule has 1 aromatic rings. The lowest BCUT2D eigenvalue weighted by Crippen LogP contribution is -2.26. The number of rotatable bonds is 1. The van der Waals surface area contributed by atoms with E-state index in [1.807, 2.05) is 43.1 Å². The van der Waals surface area contributed by atoms with Crippen molar-refractivity contribution in [2.24, 2.45) is 7.05 Å². The maximum atomic E-state index is 5.56. The summed E-state index contributed by atoms with van der Waals surface area (Å²) in [4.78, 5) is 0. The number of ether oxygens (including phenoxy) is 2. The van der Waals surface area contributed by atoms with Crippen LogP contribution in [0, 0.1) is 0 Å². The van der Waals surface area contributed by atoms with Gasteiger partial charge in [0.1, 0.15) is 7.05 Å². The van der Waals surface area contributed by atoms with Crippen LogP contribution in [-0.2, 0) is 16.5 Å². The fourth-order valence-electron chi connectivity index (χ4n) is 1.36. The first-order valence-electron chi connectivity index (χ1n) is 4.48. The lowest BCUT2D eigenvalue weighted by atomic mass is 10.2. The minimum atomic E-state index is -0.170. The van der Waals surface area contributed by atoms with Crippen LogP contribution in [0.1, 0.15) is 18.8 Å². The van der Waals surface area contributed by atoms with Crippen molar-refractivity contribution in [3.8, 4) is 0 Å². The van der Waals surface area contributed by atoms with Gasteiger partial charge in [-0.1, -0.05) is 0 Å². The lowest BCUT2D eigenvalue weighted by molar-refractivity contribution is -0.671. The Labute approximate surface area is 77.9 Å². The first kappa shape index (κ1) is 8.66. The van der Waals surface area contributed by atoms with Gasteiger partial charge in [0.25, 0.3) is 0 Å². The molecule has 2 heterocycles. The predicted octanol–water partition coefficient (Wildman–Crippen LogP) is 0.945. The molecule has 3 nitrogen and oxygen atoms in total. The fraction of sp³-hybridized carbons (Fsp3) is 0.500. The van der Waals surface area contributed by atoms with Gasteiger partial charge in [-0.25, -0.2) is 4.57 Å². The fourth-order valence-corrected chi connectivity index (χ4v) is 1.36. The maximum Gasteiger partial charge on any atom is 0.184 e. The van der Waals surface area contributed by atoms with Crippen molar-refractivity contribution in [2.45, 2.75) is 19.3 Å². The van der Waals surface area contributed by atoms with Gasteiger partial charge in [-0.3, -0.25) is 0 Å². The quantitative estimate of drug-likeness (QED) is 0.600. The van der Waals surface area contributed by atoms with E-state index >= 15 is 0 Å². The summed E-state index contributed by atoms with van der Waals surface area (Å²) in [5.41, 5.74) is 1.09. The van der Waals surface area contributed by atoms with Gasteiger partial charge >= 0.3 is 0 Å². The van der Waals surface area contributed by atoms with Crippen LogP contribution in [0.3, 0.4) is 0 Å². The van der Waals surface area contributed by atoms with E-state index in [-0.39, 0.29) is 12.4 Å². The zero-order valence-electron chi connectivity index (χ0n) is 7.93. The third-order valence-corrected chi connectivity index (χ3v) is 2.11. The van der Waals surface area contributed by atoms with Gasteiger partial charge in [-0.15, -0.1) is 0 Å². The molecule has 2 atom stereocenters. The lowest BCUT2D eigenvalue weighted by Gasteiger charge is -2.08. The SMILES string of the molecule is CC1COC(c2cc[n+](C)cc2)O1. The van der Waals surface area contributed by atoms with Crippen LogP contribution in [0.2, 0.25) is 0 Å². The highest BCUT2D eigenvalue weighted by Crippen LogP contribution is 2.25. The summed E-state index contributed by atoms with van der Waals surface area (Å²) in [6.07, 6.45) is 4.02. The molecule has 0 radical (unpaired) electrons. The smallest absolute Gasteiger partial charge is 0.184 e. The number of pyridine rings is 1. The normalized spacial score (nSPS) is 27.8. The number of hydrogen-bond acceptors (Lipinski definition) is 2. The van der Waals surface area contributed by atoms with Crippen molar-refractivity contribution in [1.29, 1.82) is 0 Å². The van der Waals surface area contributed by atoms with Gasteiger partial charge in [-0.05, 0) is 6.92 Å². The van der Waals surface area contributed by atoms with Gasteiger partial charge in [0, 0.05) is 17.7 Å². The molecule has 2 unspecified atom stereocenters. The van der Waals surface area contributed by atoms with E-state index in [1.165, 1.54) is 0 Å². The molecule has 1 aliphatic heterocycles. The maximum absolute atomic E-state index is 5.56. The second-order valence-electron chi connectivity index (χ2n) is 3.41. The summed E-state index contributed by atoms with van der Waals surface area (Å²) >= 11 is 0. The first-order valence-corrected chi connectivity index (χ1v) is 4.48. The molecule has 70 valence electrons. The Morgan fingerprint density at radius 1 is 1.38 bits per heavy atom. The highest BCUT2D eigenvalue weighted by Gasteiger charge is 2.24. The molecule has 13 heavy (non-hydrogen) atoms. The van der Waals surface area contributed by atoms with E-state index < -0.39 is 0 Å². The van der Waals surface area contributed by atoms with E-state index in [0.29, 0.717) is 6.61 Å². The minimum absolute atomic E-state index is 0.170. The van der Waals surface area contributed by atoms with Crippen molar-refractivity contribution in [3.05, 3.63) is 30.1 Å². The summed E-state index contributed by atoms with van der Waals surface area (Å²) in [6, 6.07) is 4.03. The Hall–Kier alpha value is -0.930. The number of hydrogen-bond donors (Lipinski definition) is 0. The molecule has 0 spiro atoms. The third kappa shape index (κ3) is 1.87. The van der Waals surface area contributed by atoms with E-state index in [2.05, 4.69) is 0 Å². The van der Waals surface area contributed by atoms with Crippen LogP contribution >= 0.6 is 0 Å². The molecule has 0 aromatic carbocycles. The molecule has 1 saturated heterocycles. The van der Waals surface area contributed by atoms with Crippen LogP contribution in [0.4, 0.5) is 0 Å². The summed E-state index contributed by atoms with van der Waals surface area (Å²) in [7, 11) is 1.99. The molecule has 0 aliphatic carbocycles. The Morgan fingerprint density at radius 2 is 2.08 bits per heavy atom. The van der Waals surface area contributed by atoms with Crippen molar-refractivity contribution < 1.29 is 14.0 Å². The molecule has 3 heteroatoms. The molecule has 0 saturated carbocycles. The highest BCUT2D eigenvalue weighted by atomic mass is 16.7. The van der Waals surface area contributed by atoms with Gasteiger partial charge in [0.05, 0.1) is 12.7 Å². The van der Waals surface area contributed by atoms with Gasteiger partial charge in [-0.2, -0.15) is 0 Å². The average molecular weight is 180 g/mol. The summed E-state index contributed by atoms with van der Waals surface area (Å²) in [6.45, 7) is 2.70. The van der Waals surface area contributed by atoms with Gasteiger partial charge in [0.2, 0.25) is 0 Å². The molecular formula is C10H14NO2+. The second kappa shape index (κ2) is 3.44. The topological polar surface area (TPSA) is 22.3 Å². The van der Waals surface area contributed by atoms with Crippen molar-refractivity contribution in [1.82, 2.24) is 0 Å². The Kier molecular flexibility index (Phi) is 2.29. The minimum Gasteiger partial charge on any atom is -0.346 e. The molecular weight excluding hydrogens is 166 g/mol. The van der Waals surface area contributed by atoms with Crippen LogP contribution in [0.15, 0.2) is 24.5 Å². The highest BCUT2D eigenvalue weighted by molar-refractivity contribution is 5.09. The van der Waals surface area contributed by atoms with Crippen LogP contribution < -0.4 is 4.57 Å². The molecule has 0 N–H and O–H groups in total. The second-order valence-corrected chi connectivity index (χ2v) is 3.41. The number of aryl methyl sites for hydroxylation is 1. The third-order valence-electron chi connectivity index (χ3n) is 2.11. The molecule has 2 rings (SSSR count). The zero-order chi connectivity index (χ0) is 9.26. The Morgan fingerprint density at radius 3 is 2.62 bits per heavy atom. The van der Waals surface area contributed by atoms with Crippen LogP contribution in [0.25, 0.3) is 0 Å². The van der Waals surface area contributed by atoms with Crippen LogP contribution in [0.5, 0.6) is 0 Å². The largest absolute Gasteiger partial charge is 0.346 e. The monoisotopic (exact) mass is 180 g/mol. The summed E-state index contributed by atoms with van der Waals surface area (Å²) < 4.78 is 13.0. The van der Waals surface area contributed by atoms with Gasteiger partial charge < -0.3 is 9.47 Å². The average Bonchev–Trinajstić information content (AvgIpc) is 2.53. The standard InChI is InChI=1S/C10H14NO2/c1-8-7-12-10(13-8)9-3-5-11(2)6-4-9/h3-6,8,10H,7H2,1-2H3/q+1. The summed E-state index contributed by atoms with van der Waals surface area (Å²) in [5.74, 6) is 0. The molecule has 0 bridgehead atoms. The van der Waals surface area contributed by atoms with E-state index in [9.17, 15) is 0 Å². The zero-order valence-corrected chi connectivity index (χ0v) is 7.93. The van der Waals surface area contributed by atoms with Crippen molar-refractivity contribution >= 4 is 0 Å². The van der Waals surface area contributed by atoms with Gasteiger partial charge in [0.15, 0.2) is 18.7 Å². The Bertz CT molecular complexity index is 283. The summed E-state index contributed by atoms with van der Waals surface area (Å²) in [5, 5.41) is 0. The molecule has 1 fully saturated rings. The number of nitrogens with zero attached hydrogens (tertiary/aromatic N) is 1. The van der Waals surface area contributed by atoms with Crippen LogP contribution in [-0.4, -0.2) is 12.7 Å². The number of aromatic nitrogens is 1. The van der Waals surface area contributed by atoms with E-state index in [4.69, 9.17) is 9.47 Å².